The van der Waals surface area contributed by atoms with E-state index < -0.39 is 5.97 Å². The molecule has 4 heteroatoms. The Morgan fingerprint density at radius 3 is 1.95 bits per heavy atom. The van der Waals surface area contributed by atoms with Crippen molar-refractivity contribution >= 4 is 11.9 Å². The maximum atomic E-state index is 12.4. The van der Waals surface area contributed by atoms with Gasteiger partial charge in [0.2, 0.25) is 0 Å². The van der Waals surface area contributed by atoms with Crippen LogP contribution in [0.3, 0.4) is 0 Å². The Kier molecular flexibility index (Phi) is 7.98. The average molecular weight is 300 g/mol. The molecule has 0 aromatic carbocycles. The van der Waals surface area contributed by atoms with Crippen LogP contribution in [0.15, 0.2) is 0 Å². The molecule has 1 atom stereocenters. The molecule has 0 amide bonds. The van der Waals surface area contributed by atoms with Crippen molar-refractivity contribution in [3.05, 3.63) is 0 Å². The van der Waals surface area contributed by atoms with Crippen molar-refractivity contribution in [2.75, 3.05) is 13.2 Å². The first-order valence-electron chi connectivity index (χ1n) is 7.91. The van der Waals surface area contributed by atoms with Gasteiger partial charge in [0.1, 0.15) is 0 Å². The number of rotatable bonds is 9. The van der Waals surface area contributed by atoms with E-state index in [1.807, 2.05) is 0 Å². The fourth-order valence-corrected chi connectivity index (χ4v) is 2.06. The van der Waals surface area contributed by atoms with Crippen LogP contribution < -0.4 is 0 Å². The highest BCUT2D eigenvalue weighted by atomic mass is 16.6. The van der Waals surface area contributed by atoms with Crippen molar-refractivity contribution < 1.29 is 19.1 Å². The third-order valence-corrected chi connectivity index (χ3v) is 4.49. The van der Waals surface area contributed by atoms with E-state index in [2.05, 4.69) is 41.5 Å². The monoisotopic (exact) mass is 300 g/mol. The first-order chi connectivity index (χ1) is 9.59. The summed E-state index contributed by atoms with van der Waals surface area (Å²) in [5.41, 5.74) is -0.0851. The summed E-state index contributed by atoms with van der Waals surface area (Å²) >= 11 is 0. The first-order valence-corrected chi connectivity index (χ1v) is 7.91. The summed E-state index contributed by atoms with van der Waals surface area (Å²) in [5, 5.41) is 0. The Bertz CT molecular complexity index is 345. The number of esters is 2. The molecule has 0 aromatic heterocycles. The fraction of sp³-hybridized carbons (Fsp3) is 0.882. The van der Waals surface area contributed by atoms with Crippen LogP contribution in [0, 0.1) is 16.7 Å². The van der Waals surface area contributed by atoms with E-state index in [1.165, 1.54) is 0 Å². The van der Waals surface area contributed by atoms with Gasteiger partial charge in [0.15, 0.2) is 6.61 Å². The second kappa shape index (κ2) is 8.40. The Morgan fingerprint density at radius 2 is 1.52 bits per heavy atom. The molecule has 0 bridgehead atoms. The van der Waals surface area contributed by atoms with Gasteiger partial charge in [-0.2, -0.15) is 0 Å². The summed E-state index contributed by atoms with van der Waals surface area (Å²) in [6, 6.07) is 0. The molecule has 0 radical (unpaired) electrons. The number of hydrogen-bond acceptors (Lipinski definition) is 4. The molecule has 0 spiro atoms. The first kappa shape index (κ1) is 19.9. The Labute approximate surface area is 129 Å². The van der Waals surface area contributed by atoms with E-state index in [9.17, 15) is 9.59 Å². The molecule has 1 unspecified atom stereocenters. The topological polar surface area (TPSA) is 52.6 Å². The molecule has 0 aromatic rings. The van der Waals surface area contributed by atoms with Gasteiger partial charge < -0.3 is 9.47 Å². The molecule has 0 aliphatic carbocycles. The highest BCUT2D eigenvalue weighted by molar-refractivity contribution is 5.78. The molecule has 0 saturated heterocycles. The minimum absolute atomic E-state index is 0.0695. The van der Waals surface area contributed by atoms with Crippen LogP contribution in [0.4, 0.5) is 0 Å². The van der Waals surface area contributed by atoms with Crippen LogP contribution in [0.1, 0.15) is 67.7 Å². The maximum absolute atomic E-state index is 12.4. The molecule has 0 N–H and O–H groups in total. The molecule has 0 saturated carbocycles. The van der Waals surface area contributed by atoms with E-state index in [1.54, 1.807) is 6.92 Å². The lowest BCUT2D eigenvalue weighted by molar-refractivity contribution is -0.164. The van der Waals surface area contributed by atoms with Crippen molar-refractivity contribution in [1.82, 2.24) is 0 Å². The maximum Gasteiger partial charge on any atom is 0.344 e. The zero-order valence-corrected chi connectivity index (χ0v) is 14.7. The Morgan fingerprint density at radius 1 is 0.952 bits per heavy atom. The van der Waals surface area contributed by atoms with Crippen LogP contribution in [0.5, 0.6) is 0 Å². The lowest BCUT2D eigenvalue weighted by Gasteiger charge is -2.37. The number of hydrogen-bond donors (Lipinski definition) is 0. The zero-order valence-electron chi connectivity index (χ0n) is 14.7. The van der Waals surface area contributed by atoms with Gasteiger partial charge in [-0.3, -0.25) is 4.79 Å². The predicted molar refractivity (Wildman–Crippen MR) is 83.8 cm³/mol. The van der Waals surface area contributed by atoms with Gasteiger partial charge in [0.25, 0.3) is 0 Å². The average Bonchev–Trinajstić information content (AvgIpc) is 2.42. The third-order valence-electron chi connectivity index (χ3n) is 4.49. The summed E-state index contributed by atoms with van der Waals surface area (Å²) in [7, 11) is 0. The molecular formula is C17H32O4. The fourth-order valence-electron chi connectivity index (χ4n) is 2.06. The van der Waals surface area contributed by atoms with Crippen molar-refractivity contribution in [3.8, 4) is 0 Å². The van der Waals surface area contributed by atoms with Crippen LogP contribution in [0.25, 0.3) is 0 Å². The van der Waals surface area contributed by atoms with Gasteiger partial charge in [0, 0.05) is 0 Å². The van der Waals surface area contributed by atoms with E-state index in [-0.39, 0.29) is 29.3 Å². The molecule has 4 nitrogen and oxygen atoms in total. The van der Waals surface area contributed by atoms with E-state index in [0.717, 1.165) is 19.3 Å². The molecule has 0 rings (SSSR count). The minimum atomic E-state index is -0.492. The molecular weight excluding hydrogens is 268 g/mol. The van der Waals surface area contributed by atoms with Crippen molar-refractivity contribution in [3.63, 3.8) is 0 Å². The number of carbonyl (C=O) groups is 2. The lowest BCUT2D eigenvalue weighted by Crippen LogP contribution is -2.36. The standard InChI is InChI=1S/C17H32O4/c1-8-16(4,5)11-13(17(6,7)9-2)15(19)21-12-14(18)20-10-3/h13H,8-12H2,1-7H3. The normalized spacial score (nSPS) is 13.7. The summed E-state index contributed by atoms with van der Waals surface area (Å²) in [6.07, 6.45) is 2.63. The van der Waals surface area contributed by atoms with Gasteiger partial charge in [-0.15, -0.1) is 0 Å². The predicted octanol–water partition coefficient (Wildman–Crippen LogP) is 3.97. The third kappa shape index (κ3) is 6.96. The SMILES string of the molecule is CCOC(=O)COC(=O)C(CC(C)(C)CC)C(C)(C)CC. The summed E-state index contributed by atoms with van der Waals surface area (Å²) in [4.78, 5) is 23.8. The van der Waals surface area contributed by atoms with Crippen LogP contribution >= 0.6 is 0 Å². The lowest BCUT2D eigenvalue weighted by atomic mass is 9.68. The molecule has 124 valence electrons. The van der Waals surface area contributed by atoms with Crippen LogP contribution in [-0.4, -0.2) is 25.2 Å². The highest BCUT2D eigenvalue weighted by Crippen LogP contribution is 2.40. The Balaban J connectivity index is 4.89. The second-order valence-electron chi connectivity index (χ2n) is 7.03. The largest absolute Gasteiger partial charge is 0.463 e. The van der Waals surface area contributed by atoms with Gasteiger partial charge in [0.05, 0.1) is 12.5 Å². The van der Waals surface area contributed by atoms with Crippen molar-refractivity contribution in [2.24, 2.45) is 16.7 Å². The minimum Gasteiger partial charge on any atom is -0.463 e. The summed E-state index contributed by atoms with van der Waals surface area (Å²) in [6.45, 7) is 14.4. The molecule has 0 aliphatic heterocycles. The van der Waals surface area contributed by atoms with Crippen molar-refractivity contribution in [2.45, 2.75) is 67.7 Å². The second-order valence-corrected chi connectivity index (χ2v) is 7.03. The van der Waals surface area contributed by atoms with Gasteiger partial charge in [-0.25, -0.2) is 4.79 Å². The highest BCUT2D eigenvalue weighted by Gasteiger charge is 2.38. The van der Waals surface area contributed by atoms with E-state index in [0.29, 0.717) is 6.61 Å². The number of ether oxygens (including phenoxy) is 2. The Hall–Kier alpha value is -1.06. The van der Waals surface area contributed by atoms with E-state index >= 15 is 0 Å². The van der Waals surface area contributed by atoms with Crippen LogP contribution in [0.2, 0.25) is 0 Å². The molecule has 0 heterocycles. The smallest absolute Gasteiger partial charge is 0.344 e. The zero-order chi connectivity index (χ0) is 16.7. The van der Waals surface area contributed by atoms with E-state index in [4.69, 9.17) is 9.47 Å². The summed E-state index contributed by atoms with van der Waals surface area (Å²) in [5.74, 6) is -1.00. The van der Waals surface area contributed by atoms with Gasteiger partial charge in [-0.1, -0.05) is 54.4 Å². The molecule has 0 aliphatic rings. The van der Waals surface area contributed by atoms with Gasteiger partial charge >= 0.3 is 11.9 Å². The van der Waals surface area contributed by atoms with Gasteiger partial charge in [-0.05, 0) is 24.2 Å². The van der Waals surface area contributed by atoms with Crippen molar-refractivity contribution in [1.29, 1.82) is 0 Å². The molecule has 0 fully saturated rings. The van der Waals surface area contributed by atoms with Crippen LogP contribution in [-0.2, 0) is 19.1 Å². The quantitative estimate of drug-likeness (QED) is 0.605. The number of carbonyl (C=O) groups excluding carboxylic acids is 2. The summed E-state index contributed by atoms with van der Waals surface area (Å²) < 4.78 is 9.97. The molecule has 21 heavy (non-hydrogen) atoms.